The van der Waals surface area contributed by atoms with Crippen LogP contribution in [0.5, 0.6) is 0 Å². The Balaban J connectivity index is 0.000000180. The lowest BCUT2D eigenvalue weighted by Crippen LogP contribution is -1.85. The Labute approximate surface area is 62.0 Å². The molecule has 0 unspecified atom stereocenters. The molecule has 1 fully saturated rings. The summed E-state index contributed by atoms with van der Waals surface area (Å²) in [5.41, 5.74) is 0. The molecule has 0 aliphatic heterocycles. The van der Waals surface area contributed by atoms with E-state index in [2.05, 4.69) is 0 Å². The van der Waals surface area contributed by atoms with Crippen molar-refractivity contribution < 1.29 is 14.4 Å². The second kappa shape index (κ2) is 7.13. The third-order valence-corrected chi connectivity index (χ3v) is 1.50. The first-order chi connectivity index (χ1) is 4.73. The fraction of sp³-hybridized carbons (Fsp3) is 1.00. The molecule has 1 saturated carbocycles. The van der Waals surface area contributed by atoms with Crippen molar-refractivity contribution in [2.75, 3.05) is 0 Å². The van der Waals surface area contributed by atoms with Crippen molar-refractivity contribution >= 4 is 8.25 Å². The van der Waals surface area contributed by atoms with Crippen LogP contribution in [0.15, 0.2) is 0 Å². The molecule has 0 aromatic heterocycles. The summed E-state index contributed by atoms with van der Waals surface area (Å²) in [6.45, 7) is 0. The molecule has 1 aliphatic rings. The van der Waals surface area contributed by atoms with Gasteiger partial charge in [0, 0.05) is 4.57 Å². The van der Waals surface area contributed by atoms with Crippen LogP contribution in [0.3, 0.4) is 0 Å². The molecule has 0 amide bonds. The predicted octanol–water partition coefficient (Wildman–Crippen LogP) is 1.97. The van der Waals surface area contributed by atoms with Gasteiger partial charge in [-0.1, -0.05) is 38.5 Å². The topological polar surface area (TPSA) is 57.5 Å². The zero-order valence-corrected chi connectivity index (χ0v) is 6.89. The summed E-state index contributed by atoms with van der Waals surface area (Å²) in [5, 5.41) is 0. The van der Waals surface area contributed by atoms with Crippen molar-refractivity contribution in [3.05, 3.63) is 0 Å². The maximum absolute atomic E-state index is 8.70. The fourth-order valence-corrected chi connectivity index (χ4v) is 1.06. The molecule has 2 N–H and O–H groups in total. The zero-order chi connectivity index (χ0) is 7.82. The highest BCUT2D eigenvalue weighted by atomic mass is 31.1. The van der Waals surface area contributed by atoms with Crippen molar-refractivity contribution in [1.29, 1.82) is 0 Å². The van der Waals surface area contributed by atoms with E-state index in [9.17, 15) is 0 Å². The first-order valence-corrected chi connectivity index (χ1v) is 4.75. The summed E-state index contributed by atoms with van der Waals surface area (Å²) in [5.74, 6) is 0. The molecule has 0 bridgehead atoms. The standard InChI is InChI=1S/C6H12.HO3P/c1-2-4-6-5-3-1;1-4(2)3/h1-6H2;(H-,1,2,3)/p+1. The molecular weight excluding hydrogens is 151 g/mol. The maximum Gasteiger partial charge on any atom is 0.692 e. The van der Waals surface area contributed by atoms with E-state index >= 15 is 0 Å². The average Bonchev–Trinajstić information content (AvgIpc) is 1.90. The zero-order valence-electron chi connectivity index (χ0n) is 5.99. The Morgan fingerprint density at radius 3 is 1.00 bits per heavy atom. The lowest BCUT2D eigenvalue weighted by Gasteiger charge is -2.05. The van der Waals surface area contributed by atoms with Crippen molar-refractivity contribution in [3.8, 4) is 0 Å². The van der Waals surface area contributed by atoms with E-state index in [4.69, 9.17) is 14.4 Å². The van der Waals surface area contributed by atoms with E-state index in [0.717, 1.165) is 0 Å². The summed E-state index contributed by atoms with van der Waals surface area (Å²) in [6.07, 6.45) is 9.00. The molecule has 10 heavy (non-hydrogen) atoms. The van der Waals surface area contributed by atoms with E-state index in [0.29, 0.717) is 0 Å². The van der Waals surface area contributed by atoms with Gasteiger partial charge in [-0.3, -0.25) is 0 Å². The Morgan fingerprint density at radius 2 is 0.900 bits per heavy atom. The largest absolute Gasteiger partial charge is 0.692 e. The molecule has 3 nitrogen and oxygen atoms in total. The van der Waals surface area contributed by atoms with Crippen LogP contribution < -0.4 is 0 Å². The van der Waals surface area contributed by atoms with Gasteiger partial charge in [-0.05, 0) is 0 Å². The van der Waals surface area contributed by atoms with Gasteiger partial charge in [0.05, 0.1) is 0 Å². The highest BCUT2D eigenvalue weighted by Gasteiger charge is 1.95. The maximum atomic E-state index is 8.70. The average molecular weight is 165 g/mol. The molecule has 0 heterocycles. The number of hydrogen-bond acceptors (Lipinski definition) is 1. The van der Waals surface area contributed by atoms with Crippen LogP contribution in [-0.4, -0.2) is 9.79 Å². The molecule has 0 atom stereocenters. The lowest BCUT2D eigenvalue weighted by atomic mass is 10.0. The van der Waals surface area contributed by atoms with Gasteiger partial charge in [-0.2, -0.15) is 0 Å². The second-order valence-corrected chi connectivity index (χ2v) is 2.88. The van der Waals surface area contributed by atoms with E-state index in [1.807, 2.05) is 0 Å². The highest BCUT2D eigenvalue weighted by molar-refractivity contribution is 7.30. The Kier molecular flexibility index (Phi) is 7.15. The summed E-state index contributed by atoms with van der Waals surface area (Å²) in [4.78, 5) is 14.2. The van der Waals surface area contributed by atoms with Crippen molar-refractivity contribution in [2.24, 2.45) is 0 Å². The Hall–Kier alpha value is 0.0200. The summed E-state index contributed by atoms with van der Waals surface area (Å²) in [7, 11) is -2.87. The Bertz CT molecular complexity index is 75.5. The van der Waals surface area contributed by atoms with Crippen LogP contribution in [0.2, 0.25) is 0 Å². The molecule has 0 radical (unpaired) electrons. The lowest BCUT2D eigenvalue weighted by molar-refractivity contribution is 0.405. The molecular formula is C6H14O3P+. The number of rotatable bonds is 0. The number of hydrogen-bond donors (Lipinski definition) is 2. The van der Waals surface area contributed by atoms with Crippen LogP contribution in [0.4, 0.5) is 0 Å². The molecule has 1 rings (SSSR count). The minimum atomic E-state index is -2.87. The monoisotopic (exact) mass is 165 g/mol. The third-order valence-electron chi connectivity index (χ3n) is 1.50. The normalized spacial score (nSPS) is 17.0. The SMILES string of the molecule is C1CCCCC1.O=[P+](O)O. The highest BCUT2D eigenvalue weighted by Crippen LogP contribution is 2.15. The smallest absolute Gasteiger partial charge is 0.134 e. The van der Waals surface area contributed by atoms with Crippen LogP contribution in [-0.2, 0) is 4.57 Å². The van der Waals surface area contributed by atoms with Crippen LogP contribution in [0.1, 0.15) is 38.5 Å². The molecule has 0 aromatic rings. The first-order valence-electron chi connectivity index (χ1n) is 3.58. The molecule has 60 valence electrons. The van der Waals surface area contributed by atoms with E-state index < -0.39 is 8.25 Å². The van der Waals surface area contributed by atoms with Crippen molar-refractivity contribution in [2.45, 2.75) is 38.5 Å². The van der Waals surface area contributed by atoms with Crippen LogP contribution in [0.25, 0.3) is 0 Å². The molecule has 0 saturated heterocycles. The summed E-state index contributed by atoms with van der Waals surface area (Å²) in [6, 6.07) is 0. The van der Waals surface area contributed by atoms with Gasteiger partial charge in [0.15, 0.2) is 0 Å². The minimum absolute atomic E-state index is 1.50. The van der Waals surface area contributed by atoms with Crippen LogP contribution >= 0.6 is 8.25 Å². The molecule has 0 spiro atoms. The van der Waals surface area contributed by atoms with Gasteiger partial charge in [-0.15, -0.1) is 9.79 Å². The summed E-state index contributed by atoms with van der Waals surface area (Å²) < 4.78 is 8.70. The van der Waals surface area contributed by atoms with Gasteiger partial charge in [0.25, 0.3) is 0 Å². The van der Waals surface area contributed by atoms with E-state index in [1.54, 1.807) is 0 Å². The molecule has 0 aromatic carbocycles. The quantitative estimate of drug-likeness (QED) is 0.539. The predicted molar refractivity (Wildman–Crippen MR) is 39.7 cm³/mol. The molecule has 1 aliphatic carbocycles. The van der Waals surface area contributed by atoms with Gasteiger partial charge in [-0.25, -0.2) is 0 Å². The third kappa shape index (κ3) is 10.9. The van der Waals surface area contributed by atoms with Crippen molar-refractivity contribution in [3.63, 3.8) is 0 Å². The van der Waals surface area contributed by atoms with Crippen molar-refractivity contribution in [1.82, 2.24) is 0 Å². The van der Waals surface area contributed by atoms with Gasteiger partial charge in [0.1, 0.15) is 0 Å². The van der Waals surface area contributed by atoms with Gasteiger partial charge < -0.3 is 0 Å². The molecule has 4 heteroatoms. The minimum Gasteiger partial charge on any atom is -0.134 e. The first kappa shape index (κ1) is 10.0. The Morgan fingerprint density at radius 1 is 0.800 bits per heavy atom. The summed E-state index contributed by atoms with van der Waals surface area (Å²) >= 11 is 0. The van der Waals surface area contributed by atoms with Crippen LogP contribution in [0, 0.1) is 0 Å². The van der Waals surface area contributed by atoms with E-state index in [1.165, 1.54) is 38.5 Å². The van der Waals surface area contributed by atoms with E-state index in [-0.39, 0.29) is 0 Å². The van der Waals surface area contributed by atoms with Gasteiger partial charge >= 0.3 is 8.25 Å². The van der Waals surface area contributed by atoms with Gasteiger partial charge in [0.2, 0.25) is 0 Å². The fourth-order valence-electron chi connectivity index (χ4n) is 1.06. The second-order valence-electron chi connectivity index (χ2n) is 2.37.